The summed E-state index contributed by atoms with van der Waals surface area (Å²) in [5.74, 6) is -4.20. The van der Waals surface area contributed by atoms with Gasteiger partial charge < -0.3 is 10.6 Å². The lowest BCUT2D eigenvalue weighted by Gasteiger charge is -2.19. The molecule has 4 aromatic rings. The van der Waals surface area contributed by atoms with E-state index in [2.05, 4.69) is 15.7 Å². The van der Waals surface area contributed by atoms with Crippen LogP contribution in [0.15, 0.2) is 48.7 Å². The Labute approximate surface area is 223 Å². The molecular formula is C25H13ClF8N4O2. The Morgan fingerprint density at radius 1 is 1.02 bits per heavy atom. The van der Waals surface area contributed by atoms with E-state index >= 15 is 0 Å². The van der Waals surface area contributed by atoms with Crippen LogP contribution in [0.25, 0.3) is 10.9 Å². The van der Waals surface area contributed by atoms with E-state index in [9.17, 15) is 44.7 Å². The van der Waals surface area contributed by atoms with Gasteiger partial charge in [0.05, 0.1) is 28.9 Å². The minimum atomic E-state index is -4.99. The van der Waals surface area contributed by atoms with Crippen molar-refractivity contribution in [2.24, 2.45) is 0 Å². The molecule has 0 radical (unpaired) electrons. The van der Waals surface area contributed by atoms with E-state index in [1.807, 2.05) is 0 Å². The largest absolute Gasteiger partial charge is 0.416 e. The van der Waals surface area contributed by atoms with Crippen LogP contribution in [0.2, 0.25) is 5.02 Å². The number of fused-ring (bicyclic) bond motifs is 3. The van der Waals surface area contributed by atoms with Gasteiger partial charge >= 0.3 is 12.4 Å². The van der Waals surface area contributed by atoms with E-state index in [4.69, 9.17) is 11.6 Å². The average Bonchev–Trinajstić information content (AvgIpc) is 3.39. The Morgan fingerprint density at radius 3 is 2.42 bits per heavy atom. The van der Waals surface area contributed by atoms with Crippen molar-refractivity contribution in [3.63, 3.8) is 0 Å². The molecule has 0 spiro atoms. The molecule has 6 nitrogen and oxygen atoms in total. The van der Waals surface area contributed by atoms with Gasteiger partial charge in [0.1, 0.15) is 18.2 Å². The van der Waals surface area contributed by atoms with Gasteiger partial charge in [0.15, 0.2) is 0 Å². The van der Waals surface area contributed by atoms with E-state index in [0.717, 1.165) is 24.4 Å². The van der Waals surface area contributed by atoms with Crippen LogP contribution in [0.4, 0.5) is 40.8 Å². The zero-order chi connectivity index (χ0) is 29.1. The first kappa shape index (κ1) is 27.4. The zero-order valence-corrected chi connectivity index (χ0v) is 20.3. The van der Waals surface area contributed by atoms with Gasteiger partial charge in [0.2, 0.25) is 0 Å². The van der Waals surface area contributed by atoms with Gasteiger partial charge in [-0.1, -0.05) is 11.6 Å². The first-order valence-electron chi connectivity index (χ1n) is 11.2. The van der Waals surface area contributed by atoms with E-state index in [1.165, 1.54) is 6.07 Å². The summed E-state index contributed by atoms with van der Waals surface area (Å²) in [7, 11) is 0. The second-order valence-electron chi connectivity index (χ2n) is 8.82. The van der Waals surface area contributed by atoms with Crippen molar-refractivity contribution < 1.29 is 44.7 Å². The second kappa shape index (κ2) is 9.47. The smallest absolute Gasteiger partial charge is 0.341 e. The Morgan fingerprint density at radius 2 is 1.75 bits per heavy atom. The summed E-state index contributed by atoms with van der Waals surface area (Å²) < 4.78 is 108. The summed E-state index contributed by atoms with van der Waals surface area (Å²) in [5, 5.41) is 8.44. The van der Waals surface area contributed by atoms with Crippen molar-refractivity contribution in [3.8, 4) is 0 Å². The molecule has 15 heteroatoms. The number of benzene rings is 3. The fourth-order valence-electron chi connectivity index (χ4n) is 4.50. The van der Waals surface area contributed by atoms with Crippen molar-refractivity contribution in [1.29, 1.82) is 0 Å². The molecule has 2 heterocycles. The lowest BCUT2D eigenvalue weighted by molar-refractivity contribution is -0.142. The highest BCUT2D eigenvalue weighted by molar-refractivity contribution is 6.31. The van der Waals surface area contributed by atoms with Gasteiger partial charge in [-0.25, -0.2) is 8.78 Å². The van der Waals surface area contributed by atoms with Gasteiger partial charge in [-0.05, 0) is 42.5 Å². The Balaban J connectivity index is 1.70. The number of hydrogen-bond donors (Lipinski definition) is 2. The predicted molar refractivity (Wildman–Crippen MR) is 126 cm³/mol. The highest BCUT2D eigenvalue weighted by Crippen LogP contribution is 2.43. The molecule has 5 rings (SSSR count). The molecule has 0 fully saturated rings. The maximum atomic E-state index is 14.1. The second-order valence-corrected chi connectivity index (χ2v) is 9.22. The molecule has 1 aromatic heterocycles. The maximum absolute atomic E-state index is 14.1. The third-order valence-electron chi connectivity index (χ3n) is 6.11. The predicted octanol–water partition coefficient (Wildman–Crippen LogP) is 6.63. The molecule has 2 amide bonds. The first-order chi connectivity index (χ1) is 18.6. The van der Waals surface area contributed by atoms with Crippen molar-refractivity contribution in [3.05, 3.63) is 93.1 Å². The van der Waals surface area contributed by atoms with Gasteiger partial charge in [0.25, 0.3) is 11.8 Å². The average molecular weight is 589 g/mol. The van der Waals surface area contributed by atoms with Crippen LogP contribution in [0, 0.1) is 11.6 Å². The zero-order valence-electron chi connectivity index (χ0n) is 19.5. The number of rotatable bonds is 4. The minimum Gasteiger partial charge on any atom is -0.341 e. The number of nitrogens with zero attached hydrogens (tertiary/aromatic N) is 2. The van der Waals surface area contributed by atoms with Crippen LogP contribution in [0.3, 0.4) is 0 Å². The Bertz CT molecular complexity index is 1700. The molecule has 0 saturated heterocycles. The van der Waals surface area contributed by atoms with Gasteiger partial charge in [-0.15, -0.1) is 0 Å². The van der Waals surface area contributed by atoms with Crippen LogP contribution in [0.1, 0.15) is 43.4 Å². The minimum absolute atomic E-state index is 0.00959. The van der Waals surface area contributed by atoms with Crippen molar-refractivity contribution >= 4 is 40.0 Å². The third-order valence-corrected chi connectivity index (χ3v) is 6.46. The summed E-state index contributed by atoms with van der Waals surface area (Å²) >= 11 is 6.22. The molecule has 1 atom stereocenters. The lowest BCUT2D eigenvalue weighted by Crippen LogP contribution is -2.21. The van der Waals surface area contributed by atoms with Crippen LogP contribution < -0.4 is 10.6 Å². The van der Waals surface area contributed by atoms with Crippen LogP contribution >= 0.6 is 11.6 Å². The number of amides is 2. The summed E-state index contributed by atoms with van der Waals surface area (Å²) in [6.45, 7) is -1.57. The number of halogens is 9. The Hall–Kier alpha value is -4.20. The first-order valence-corrected chi connectivity index (χ1v) is 11.5. The molecule has 0 saturated carbocycles. The normalized spacial score (nSPS) is 15.3. The molecule has 2 N–H and O–H groups in total. The molecular weight excluding hydrogens is 576 g/mol. The Kier molecular flexibility index (Phi) is 6.48. The van der Waals surface area contributed by atoms with E-state index < -0.39 is 59.5 Å². The highest BCUT2D eigenvalue weighted by Gasteiger charge is 2.38. The van der Waals surface area contributed by atoms with E-state index in [0.29, 0.717) is 16.8 Å². The number of nitrogens with one attached hydrogen (secondary N) is 2. The van der Waals surface area contributed by atoms with E-state index in [-0.39, 0.29) is 44.4 Å². The standard InChI is InChI=1S/C25H13ClF8N4O2/c26-16-2-1-12(27)6-14(16)21-20-17(36-22(39)10-3-11(25(32,33)34)5-13(28)4-10)7-18-15(19(20)23(40)37-21)8-35-38(18)9-24(29,30)31/h1-8,21H,9H2,(H,36,39)(H,37,40). The third kappa shape index (κ3) is 5.06. The van der Waals surface area contributed by atoms with Crippen LogP contribution in [-0.4, -0.2) is 27.8 Å². The van der Waals surface area contributed by atoms with Crippen molar-refractivity contribution in [2.45, 2.75) is 24.9 Å². The lowest BCUT2D eigenvalue weighted by atomic mass is 9.94. The van der Waals surface area contributed by atoms with Gasteiger partial charge in [-0.2, -0.15) is 31.4 Å². The summed E-state index contributed by atoms with van der Waals surface area (Å²) in [4.78, 5) is 26.1. The maximum Gasteiger partial charge on any atom is 0.416 e. The number of anilines is 1. The van der Waals surface area contributed by atoms with Crippen molar-refractivity contribution in [1.82, 2.24) is 15.1 Å². The molecule has 1 aliphatic heterocycles. The molecule has 40 heavy (non-hydrogen) atoms. The quantitative estimate of drug-likeness (QED) is 0.263. The monoisotopic (exact) mass is 588 g/mol. The van der Waals surface area contributed by atoms with E-state index in [1.54, 1.807) is 0 Å². The molecule has 1 aliphatic rings. The number of carbonyl (C=O) groups excluding carboxylic acids is 2. The fraction of sp³-hybridized carbons (Fsp3) is 0.160. The molecule has 0 bridgehead atoms. The number of alkyl halides is 6. The molecule has 208 valence electrons. The summed E-state index contributed by atoms with van der Waals surface area (Å²) in [6, 6.07) is 4.13. The number of aromatic nitrogens is 2. The molecule has 3 aromatic carbocycles. The topological polar surface area (TPSA) is 76.0 Å². The molecule has 1 unspecified atom stereocenters. The van der Waals surface area contributed by atoms with Crippen LogP contribution in [-0.2, 0) is 12.7 Å². The summed E-state index contributed by atoms with van der Waals surface area (Å²) in [6.07, 6.45) is -8.71. The number of carbonyl (C=O) groups is 2. The van der Waals surface area contributed by atoms with Crippen LogP contribution in [0.5, 0.6) is 0 Å². The van der Waals surface area contributed by atoms with Gasteiger partial charge in [0, 0.05) is 32.8 Å². The van der Waals surface area contributed by atoms with Crippen molar-refractivity contribution in [2.75, 3.05) is 5.32 Å². The fourth-order valence-corrected chi connectivity index (χ4v) is 4.73. The summed E-state index contributed by atoms with van der Waals surface area (Å²) in [5.41, 5.74) is -3.04. The number of hydrogen-bond acceptors (Lipinski definition) is 3. The SMILES string of the molecule is O=C(Nc1cc2c(cnn2CC(F)(F)F)c2c1C(c1cc(F)ccc1Cl)NC2=O)c1cc(F)cc(C(F)(F)F)c1. The molecule has 0 aliphatic carbocycles. The highest BCUT2D eigenvalue weighted by atomic mass is 35.5. The van der Waals surface area contributed by atoms with Gasteiger partial charge in [-0.3, -0.25) is 14.3 Å².